The Balaban J connectivity index is 1.65. The number of ether oxygens (including phenoxy) is 1. The van der Waals surface area contributed by atoms with Gasteiger partial charge < -0.3 is 4.74 Å². The van der Waals surface area contributed by atoms with Crippen molar-refractivity contribution in [2.75, 3.05) is 5.32 Å². The molecule has 2 aromatic heterocycles. The van der Waals surface area contributed by atoms with E-state index in [0.717, 1.165) is 5.69 Å². The Morgan fingerprint density at radius 3 is 2.88 bits per heavy atom. The topological polar surface area (TPSA) is 92.8 Å². The maximum atomic E-state index is 12.4. The van der Waals surface area contributed by atoms with Crippen LogP contribution < -0.4 is 10.1 Å². The number of anilines is 1. The Bertz CT molecular complexity index is 863. The number of halogens is 3. The molecule has 0 aliphatic carbocycles. The Morgan fingerprint density at radius 1 is 1.36 bits per heavy atom. The number of aromatic amines is 1. The molecular weight excluding hydrogens is 359 g/mol. The molecular formula is C14H10F3N5O2S. The molecule has 2 N–H and O–H groups in total. The van der Waals surface area contributed by atoms with E-state index in [4.69, 9.17) is 4.74 Å². The first-order valence-electron chi connectivity index (χ1n) is 6.83. The summed E-state index contributed by atoms with van der Waals surface area (Å²) < 4.78 is 42.9. The van der Waals surface area contributed by atoms with Gasteiger partial charge in [0.1, 0.15) is 12.4 Å². The molecule has 0 radical (unpaired) electrons. The summed E-state index contributed by atoms with van der Waals surface area (Å²) in [6.45, 7) is 0.241. The second-order valence-electron chi connectivity index (χ2n) is 4.76. The average molecular weight is 369 g/mol. The van der Waals surface area contributed by atoms with Crippen LogP contribution in [0.2, 0.25) is 0 Å². The predicted molar refractivity (Wildman–Crippen MR) is 82.2 cm³/mol. The minimum absolute atomic E-state index is 0.189. The number of hydrogen-bond acceptors (Lipinski definition) is 6. The van der Waals surface area contributed by atoms with Crippen LogP contribution in [0.4, 0.5) is 19.1 Å². The number of H-pyrrole nitrogens is 1. The van der Waals surface area contributed by atoms with E-state index < -0.39 is 23.9 Å². The van der Waals surface area contributed by atoms with Crippen LogP contribution in [-0.4, -0.2) is 26.1 Å². The Hall–Kier alpha value is -2.95. The predicted octanol–water partition coefficient (Wildman–Crippen LogP) is 3.11. The molecule has 130 valence electrons. The normalized spacial score (nSPS) is 11.3. The fourth-order valence-electron chi connectivity index (χ4n) is 1.81. The molecule has 0 aliphatic heterocycles. The van der Waals surface area contributed by atoms with Gasteiger partial charge in [-0.2, -0.15) is 18.2 Å². The van der Waals surface area contributed by atoms with Gasteiger partial charge in [-0.3, -0.25) is 15.2 Å². The number of alkyl halides is 3. The van der Waals surface area contributed by atoms with Crippen LogP contribution >= 0.6 is 11.3 Å². The van der Waals surface area contributed by atoms with Gasteiger partial charge in [-0.15, -0.1) is 16.4 Å². The van der Waals surface area contributed by atoms with E-state index in [0.29, 0.717) is 5.75 Å². The van der Waals surface area contributed by atoms with Gasteiger partial charge in [0.05, 0.1) is 11.2 Å². The van der Waals surface area contributed by atoms with Gasteiger partial charge in [0, 0.05) is 10.9 Å². The monoisotopic (exact) mass is 369 g/mol. The lowest BCUT2D eigenvalue weighted by atomic mass is 10.2. The highest BCUT2D eigenvalue weighted by Crippen LogP contribution is 2.26. The van der Waals surface area contributed by atoms with E-state index in [2.05, 4.69) is 20.4 Å². The fraction of sp³-hybridized carbons (Fsp3) is 0.143. The van der Waals surface area contributed by atoms with Crippen molar-refractivity contribution < 1.29 is 22.7 Å². The van der Waals surface area contributed by atoms with E-state index in [1.807, 2.05) is 5.38 Å². The summed E-state index contributed by atoms with van der Waals surface area (Å²) in [5.41, 5.74) is 2.61. The number of carbonyl (C=O) groups is 1. The lowest BCUT2D eigenvalue weighted by Gasteiger charge is -2.06. The highest BCUT2D eigenvalue weighted by molar-refractivity contribution is 7.07. The number of carbonyl (C=O) groups excluding carboxylic acids is 1. The number of aromatic nitrogens is 4. The quantitative estimate of drug-likeness (QED) is 0.721. The average Bonchev–Trinajstić information content (AvgIpc) is 3.24. The number of rotatable bonds is 5. The van der Waals surface area contributed by atoms with E-state index in [9.17, 15) is 18.0 Å². The first kappa shape index (κ1) is 16.9. The summed E-state index contributed by atoms with van der Waals surface area (Å²) in [5, 5.41) is 9.05. The summed E-state index contributed by atoms with van der Waals surface area (Å²) in [5.74, 6) is -1.99. The number of benzene rings is 1. The SMILES string of the molecule is O=C(Nc1n[nH]c(C(F)(F)F)n1)c1cccc(OCc2cscn2)c1. The molecule has 11 heteroatoms. The molecule has 0 atom stereocenters. The van der Waals surface area contributed by atoms with Gasteiger partial charge in [0.2, 0.25) is 11.8 Å². The molecule has 0 aliphatic rings. The molecule has 1 amide bonds. The minimum Gasteiger partial charge on any atom is -0.487 e. The van der Waals surface area contributed by atoms with Crippen LogP contribution in [0.25, 0.3) is 0 Å². The third kappa shape index (κ3) is 4.32. The van der Waals surface area contributed by atoms with Crippen molar-refractivity contribution in [1.82, 2.24) is 20.2 Å². The van der Waals surface area contributed by atoms with E-state index in [-0.39, 0.29) is 12.2 Å². The van der Waals surface area contributed by atoms with Crippen molar-refractivity contribution >= 4 is 23.2 Å². The number of amides is 1. The molecule has 3 rings (SSSR count). The van der Waals surface area contributed by atoms with Crippen molar-refractivity contribution in [2.24, 2.45) is 0 Å². The van der Waals surface area contributed by atoms with E-state index in [1.165, 1.54) is 23.5 Å². The van der Waals surface area contributed by atoms with E-state index >= 15 is 0 Å². The summed E-state index contributed by atoms with van der Waals surface area (Å²) in [6.07, 6.45) is -4.67. The van der Waals surface area contributed by atoms with E-state index in [1.54, 1.807) is 22.7 Å². The number of nitrogens with one attached hydrogen (secondary N) is 2. The first-order chi connectivity index (χ1) is 11.9. The lowest BCUT2D eigenvalue weighted by molar-refractivity contribution is -0.144. The number of hydrogen-bond donors (Lipinski definition) is 2. The number of nitrogens with zero attached hydrogens (tertiary/aromatic N) is 3. The Kier molecular flexibility index (Phi) is 4.65. The van der Waals surface area contributed by atoms with Crippen LogP contribution in [-0.2, 0) is 12.8 Å². The summed E-state index contributed by atoms with van der Waals surface area (Å²) in [6, 6.07) is 6.18. The molecule has 0 unspecified atom stereocenters. The molecule has 0 saturated heterocycles. The van der Waals surface area contributed by atoms with Crippen LogP contribution in [0, 0.1) is 0 Å². The summed E-state index contributed by atoms with van der Waals surface area (Å²) in [4.78, 5) is 19.4. The molecule has 0 saturated carbocycles. The van der Waals surface area contributed by atoms with Crippen LogP contribution in [0.5, 0.6) is 5.75 Å². The molecule has 7 nitrogen and oxygen atoms in total. The van der Waals surface area contributed by atoms with Crippen molar-refractivity contribution in [3.05, 3.63) is 52.2 Å². The van der Waals surface area contributed by atoms with Gasteiger partial charge in [-0.25, -0.2) is 4.98 Å². The van der Waals surface area contributed by atoms with Crippen LogP contribution in [0.15, 0.2) is 35.2 Å². The zero-order valence-electron chi connectivity index (χ0n) is 12.4. The highest BCUT2D eigenvalue weighted by atomic mass is 32.1. The largest absolute Gasteiger partial charge is 0.487 e. The maximum absolute atomic E-state index is 12.4. The standard InChI is InChI=1S/C14H10F3N5O2S/c15-14(16,17)12-20-13(22-21-12)19-11(23)8-2-1-3-10(4-8)24-5-9-6-25-7-18-9/h1-4,6-7H,5H2,(H2,19,20,21,22,23). The zero-order valence-corrected chi connectivity index (χ0v) is 13.2. The van der Waals surface area contributed by atoms with Crippen LogP contribution in [0.3, 0.4) is 0 Å². The third-order valence-electron chi connectivity index (χ3n) is 2.95. The number of thiazole rings is 1. The summed E-state index contributed by atoms with van der Waals surface area (Å²) in [7, 11) is 0. The van der Waals surface area contributed by atoms with Crippen molar-refractivity contribution in [3.63, 3.8) is 0 Å². The molecule has 0 fully saturated rings. The summed E-state index contributed by atoms with van der Waals surface area (Å²) >= 11 is 1.44. The second kappa shape index (κ2) is 6.89. The van der Waals surface area contributed by atoms with Gasteiger partial charge >= 0.3 is 6.18 Å². The molecule has 1 aromatic carbocycles. The smallest absolute Gasteiger partial charge is 0.451 e. The molecule has 0 bridgehead atoms. The second-order valence-corrected chi connectivity index (χ2v) is 5.47. The third-order valence-corrected chi connectivity index (χ3v) is 3.58. The highest BCUT2D eigenvalue weighted by Gasteiger charge is 2.35. The van der Waals surface area contributed by atoms with Crippen molar-refractivity contribution in [1.29, 1.82) is 0 Å². The fourth-order valence-corrected chi connectivity index (χ4v) is 2.35. The van der Waals surface area contributed by atoms with Crippen molar-refractivity contribution in [2.45, 2.75) is 12.8 Å². The van der Waals surface area contributed by atoms with Gasteiger partial charge in [0.25, 0.3) is 5.91 Å². The Labute approximate surface area is 142 Å². The lowest BCUT2D eigenvalue weighted by Crippen LogP contribution is -2.13. The first-order valence-corrected chi connectivity index (χ1v) is 7.77. The zero-order chi connectivity index (χ0) is 17.9. The molecule has 0 spiro atoms. The molecule has 2 heterocycles. The van der Waals surface area contributed by atoms with Gasteiger partial charge in [-0.05, 0) is 18.2 Å². The van der Waals surface area contributed by atoms with Gasteiger partial charge in [-0.1, -0.05) is 6.07 Å². The maximum Gasteiger partial charge on any atom is 0.451 e. The molecule has 3 aromatic rings. The molecule has 25 heavy (non-hydrogen) atoms. The minimum atomic E-state index is -4.67. The Morgan fingerprint density at radius 2 is 2.20 bits per heavy atom. The van der Waals surface area contributed by atoms with Crippen LogP contribution in [0.1, 0.15) is 21.9 Å². The van der Waals surface area contributed by atoms with Crippen molar-refractivity contribution in [3.8, 4) is 5.75 Å². The van der Waals surface area contributed by atoms with Gasteiger partial charge in [0.15, 0.2) is 0 Å².